The quantitative estimate of drug-likeness (QED) is 0.470. The highest BCUT2D eigenvalue weighted by atomic mass is 35.5. The van der Waals surface area contributed by atoms with Gasteiger partial charge in [-0.05, 0) is 66.2 Å². The van der Waals surface area contributed by atoms with Gasteiger partial charge >= 0.3 is 0 Å². The third-order valence-corrected chi connectivity index (χ3v) is 4.35. The SMILES string of the molecule is COc1ccc(C=NNC(=O)c2ccc(NC(=O)c3ccccc3Cl)cc2)cc1. The van der Waals surface area contributed by atoms with Gasteiger partial charge < -0.3 is 10.1 Å². The van der Waals surface area contributed by atoms with Crippen LogP contribution < -0.4 is 15.5 Å². The molecule has 0 unspecified atom stereocenters. The van der Waals surface area contributed by atoms with E-state index in [2.05, 4.69) is 15.8 Å². The van der Waals surface area contributed by atoms with E-state index in [1.165, 1.54) is 6.21 Å². The predicted molar refractivity (Wildman–Crippen MR) is 114 cm³/mol. The van der Waals surface area contributed by atoms with Gasteiger partial charge in [-0.15, -0.1) is 0 Å². The van der Waals surface area contributed by atoms with Crippen LogP contribution in [0.15, 0.2) is 77.9 Å². The van der Waals surface area contributed by atoms with Crippen molar-refractivity contribution in [3.63, 3.8) is 0 Å². The molecule has 3 aromatic rings. The lowest BCUT2D eigenvalue weighted by molar-refractivity contribution is 0.0954. The van der Waals surface area contributed by atoms with Gasteiger partial charge in [-0.3, -0.25) is 9.59 Å². The third-order valence-electron chi connectivity index (χ3n) is 4.02. The lowest BCUT2D eigenvalue weighted by Crippen LogP contribution is -2.18. The summed E-state index contributed by atoms with van der Waals surface area (Å²) in [5.74, 6) is 0.0588. The standard InChI is InChI=1S/C22H18ClN3O3/c1-29-18-12-6-15(7-13-18)14-24-26-21(27)16-8-10-17(11-9-16)25-22(28)19-4-2-3-5-20(19)23/h2-14H,1H3,(H,25,28)(H,26,27). The maximum atomic E-state index is 12.3. The highest BCUT2D eigenvalue weighted by molar-refractivity contribution is 6.34. The average Bonchev–Trinajstić information content (AvgIpc) is 2.75. The molecule has 2 N–H and O–H groups in total. The number of rotatable bonds is 6. The van der Waals surface area contributed by atoms with Crippen LogP contribution >= 0.6 is 11.6 Å². The van der Waals surface area contributed by atoms with Gasteiger partial charge in [0.1, 0.15) is 5.75 Å². The Labute approximate surface area is 173 Å². The summed E-state index contributed by atoms with van der Waals surface area (Å²) in [7, 11) is 1.59. The highest BCUT2D eigenvalue weighted by Gasteiger charge is 2.10. The van der Waals surface area contributed by atoms with E-state index in [1.54, 1.807) is 67.8 Å². The van der Waals surface area contributed by atoms with Crippen LogP contribution in [0.1, 0.15) is 26.3 Å². The van der Waals surface area contributed by atoms with Crippen molar-refractivity contribution >= 4 is 35.3 Å². The molecular formula is C22H18ClN3O3. The fourth-order valence-corrected chi connectivity index (χ4v) is 2.69. The molecule has 3 aromatic carbocycles. The number of nitrogens with zero attached hydrogens (tertiary/aromatic N) is 1. The maximum absolute atomic E-state index is 12.3. The third kappa shape index (κ3) is 5.43. The van der Waals surface area contributed by atoms with Crippen LogP contribution in [0.5, 0.6) is 5.75 Å². The molecule has 0 aliphatic rings. The molecule has 0 atom stereocenters. The van der Waals surface area contributed by atoms with Crippen molar-refractivity contribution in [1.82, 2.24) is 5.43 Å². The number of hydrogen-bond acceptors (Lipinski definition) is 4. The number of carbonyl (C=O) groups is 2. The molecule has 2 amide bonds. The van der Waals surface area contributed by atoms with Crippen LogP contribution in [-0.4, -0.2) is 25.1 Å². The minimum Gasteiger partial charge on any atom is -0.497 e. The molecule has 6 nitrogen and oxygen atoms in total. The summed E-state index contributed by atoms with van der Waals surface area (Å²) in [5, 5.41) is 7.06. The molecule has 0 saturated heterocycles. The van der Waals surface area contributed by atoms with Crippen molar-refractivity contribution in [3.05, 3.63) is 94.5 Å². The normalized spacial score (nSPS) is 10.6. The molecule has 0 bridgehead atoms. The van der Waals surface area contributed by atoms with E-state index in [9.17, 15) is 9.59 Å². The number of halogens is 1. The Kier molecular flexibility index (Phi) is 6.60. The molecule has 0 spiro atoms. The number of hydrazone groups is 1. The number of benzene rings is 3. The van der Waals surface area contributed by atoms with E-state index in [1.807, 2.05) is 12.1 Å². The summed E-state index contributed by atoms with van der Waals surface area (Å²) >= 11 is 6.03. The van der Waals surface area contributed by atoms with Crippen molar-refractivity contribution < 1.29 is 14.3 Å². The molecule has 0 heterocycles. The molecule has 0 aliphatic heterocycles. The molecule has 0 radical (unpaired) electrons. The van der Waals surface area contributed by atoms with E-state index in [0.717, 1.165) is 11.3 Å². The summed E-state index contributed by atoms with van der Waals surface area (Å²) in [6.45, 7) is 0. The summed E-state index contributed by atoms with van der Waals surface area (Å²) < 4.78 is 5.09. The first-order valence-electron chi connectivity index (χ1n) is 8.70. The number of anilines is 1. The zero-order chi connectivity index (χ0) is 20.6. The summed E-state index contributed by atoms with van der Waals surface area (Å²) in [5.41, 5.74) is 4.62. The first-order chi connectivity index (χ1) is 14.1. The second-order valence-electron chi connectivity index (χ2n) is 5.98. The first-order valence-corrected chi connectivity index (χ1v) is 9.08. The van der Waals surface area contributed by atoms with Crippen molar-refractivity contribution in [2.75, 3.05) is 12.4 Å². The summed E-state index contributed by atoms with van der Waals surface area (Å²) in [4.78, 5) is 24.5. The van der Waals surface area contributed by atoms with Gasteiger partial charge in [0.05, 0.1) is 23.9 Å². The molecule has 3 rings (SSSR count). The summed E-state index contributed by atoms with van der Waals surface area (Å²) in [6.07, 6.45) is 1.54. The molecule has 146 valence electrons. The molecule has 0 fully saturated rings. The Bertz CT molecular complexity index is 1030. The van der Waals surface area contributed by atoms with Crippen molar-refractivity contribution in [2.45, 2.75) is 0 Å². The molecule has 0 aromatic heterocycles. The van der Waals surface area contributed by atoms with Crippen LogP contribution in [0.3, 0.4) is 0 Å². The number of methoxy groups -OCH3 is 1. The first kappa shape index (κ1) is 20.1. The summed E-state index contributed by atoms with van der Waals surface area (Å²) in [6, 6.07) is 20.5. The fourth-order valence-electron chi connectivity index (χ4n) is 2.47. The number of carbonyl (C=O) groups excluding carboxylic acids is 2. The largest absolute Gasteiger partial charge is 0.497 e. The highest BCUT2D eigenvalue weighted by Crippen LogP contribution is 2.17. The van der Waals surface area contributed by atoms with E-state index in [-0.39, 0.29) is 11.8 Å². The van der Waals surface area contributed by atoms with Gasteiger partial charge in [-0.25, -0.2) is 5.43 Å². The zero-order valence-electron chi connectivity index (χ0n) is 15.6. The number of amides is 2. The molecule has 7 heteroatoms. The van der Waals surface area contributed by atoms with Gasteiger partial charge in [0.25, 0.3) is 11.8 Å². The number of nitrogens with one attached hydrogen (secondary N) is 2. The Morgan fingerprint density at radius 2 is 1.62 bits per heavy atom. The van der Waals surface area contributed by atoms with Crippen LogP contribution in [0.4, 0.5) is 5.69 Å². The molecule has 0 aliphatic carbocycles. The Balaban J connectivity index is 1.57. The van der Waals surface area contributed by atoms with Crippen molar-refractivity contribution in [2.24, 2.45) is 5.10 Å². The van der Waals surface area contributed by atoms with Gasteiger partial charge in [0.2, 0.25) is 0 Å². The predicted octanol–water partition coefficient (Wildman–Crippen LogP) is 4.36. The second kappa shape index (κ2) is 9.52. The van der Waals surface area contributed by atoms with Crippen LogP contribution in [0.25, 0.3) is 0 Å². The van der Waals surface area contributed by atoms with Crippen molar-refractivity contribution in [3.8, 4) is 5.75 Å². The Morgan fingerprint density at radius 1 is 0.931 bits per heavy atom. The average molecular weight is 408 g/mol. The Hall–Kier alpha value is -3.64. The maximum Gasteiger partial charge on any atom is 0.271 e. The van der Waals surface area contributed by atoms with Gasteiger partial charge in [0.15, 0.2) is 0 Å². The van der Waals surface area contributed by atoms with E-state index in [0.29, 0.717) is 21.8 Å². The van der Waals surface area contributed by atoms with Crippen molar-refractivity contribution in [1.29, 1.82) is 0 Å². The minimum absolute atomic E-state index is 0.322. The molecule has 0 saturated carbocycles. The molecular weight excluding hydrogens is 390 g/mol. The topological polar surface area (TPSA) is 79.8 Å². The second-order valence-corrected chi connectivity index (χ2v) is 6.39. The lowest BCUT2D eigenvalue weighted by atomic mass is 10.1. The van der Waals surface area contributed by atoms with E-state index >= 15 is 0 Å². The number of ether oxygens (including phenoxy) is 1. The smallest absolute Gasteiger partial charge is 0.271 e. The van der Waals surface area contributed by atoms with Crippen LogP contribution in [0, 0.1) is 0 Å². The van der Waals surface area contributed by atoms with E-state index < -0.39 is 0 Å². The monoisotopic (exact) mass is 407 g/mol. The van der Waals surface area contributed by atoms with Gasteiger partial charge in [-0.2, -0.15) is 5.10 Å². The lowest BCUT2D eigenvalue weighted by Gasteiger charge is -2.07. The zero-order valence-corrected chi connectivity index (χ0v) is 16.3. The Morgan fingerprint density at radius 3 is 2.28 bits per heavy atom. The number of hydrogen-bond donors (Lipinski definition) is 2. The molecule has 29 heavy (non-hydrogen) atoms. The fraction of sp³-hybridized carbons (Fsp3) is 0.0455. The van der Waals surface area contributed by atoms with E-state index in [4.69, 9.17) is 16.3 Å². The van der Waals surface area contributed by atoms with Gasteiger partial charge in [-0.1, -0.05) is 23.7 Å². The van der Waals surface area contributed by atoms with Crippen LogP contribution in [0.2, 0.25) is 5.02 Å². The van der Waals surface area contributed by atoms with Gasteiger partial charge in [0, 0.05) is 11.3 Å². The van der Waals surface area contributed by atoms with Crippen LogP contribution in [-0.2, 0) is 0 Å². The minimum atomic E-state index is -0.362.